The minimum absolute atomic E-state index is 0.0188. The fourth-order valence-corrected chi connectivity index (χ4v) is 4.18. The third-order valence-corrected chi connectivity index (χ3v) is 5.99. The molecule has 1 amide bonds. The van der Waals surface area contributed by atoms with Gasteiger partial charge < -0.3 is 0 Å². The van der Waals surface area contributed by atoms with Gasteiger partial charge in [0.1, 0.15) is 0 Å². The summed E-state index contributed by atoms with van der Waals surface area (Å²) in [5, 5.41) is 0. The third-order valence-electron chi connectivity index (χ3n) is 5.99. The topological polar surface area (TPSA) is 20.3 Å². The molecule has 0 fully saturated rings. The van der Waals surface area contributed by atoms with Gasteiger partial charge in [0.15, 0.2) is 0 Å². The molecule has 0 bridgehead atoms. The third kappa shape index (κ3) is 4.53. The van der Waals surface area contributed by atoms with Gasteiger partial charge in [-0.05, 0) is 66.3 Å². The highest BCUT2D eigenvalue weighted by Crippen LogP contribution is 2.43. The molecule has 1 heterocycles. The summed E-state index contributed by atoms with van der Waals surface area (Å²) in [6, 6.07) is 15.1. The number of anilines is 2. The number of hydrogen-bond acceptors (Lipinski definition) is 1. The first-order chi connectivity index (χ1) is 13.9. The van der Waals surface area contributed by atoms with Crippen LogP contribution >= 0.6 is 0 Å². The SMILES string of the molecule is CC(C)=CCC1Cc2ccccc2N(c2cc(C(C)(C)C)ccc2C(C)(C)C)C1=O. The lowest BCUT2D eigenvalue weighted by Crippen LogP contribution is -2.39. The zero-order valence-corrected chi connectivity index (χ0v) is 20.0. The summed E-state index contributed by atoms with van der Waals surface area (Å²) in [5.74, 6) is 0.184. The first-order valence-corrected chi connectivity index (χ1v) is 11.1. The molecule has 0 radical (unpaired) electrons. The van der Waals surface area contributed by atoms with Gasteiger partial charge in [-0.25, -0.2) is 0 Å². The highest BCUT2D eigenvalue weighted by atomic mass is 16.2. The van der Waals surface area contributed by atoms with E-state index in [4.69, 9.17) is 0 Å². The van der Waals surface area contributed by atoms with Gasteiger partial charge in [0.2, 0.25) is 5.91 Å². The van der Waals surface area contributed by atoms with Crippen LogP contribution in [0, 0.1) is 5.92 Å². The minimum Gasteiger partial charge on any atom is -0.280 e. The molecule has 0 saturated carbocycles. The van der Waals surface area contributed by atoms with Crippen molar-refractivity contribution in [2.24, 2.45) is 5.92 Å². The molecule has 1 aliphatic rings. The van der Waals surface area contributed by atoms with Gasteiger partial charge in [0, 0.05) is 5.92 Å². The summed E-state index contributed by atoms with van der Waals surface area (Å²) in [5.41, 5.74) is 7.01. The quantitative estimate of drug-likeness (QED) is 0.487. The number of para-hydroxylation sites is 1. The summed E-state index contributed by atoms with van der Waals surface area (Å²) in [7, 11) is 0. The summed E-state index contributed by atoms with van der Waals surface area (Å²) in [6.45, 7) is 17.6. The molecular weight excluding hydrogens is 366 g/mol. The molecule has 0 aromatic heterocycles. The Labute approximate surface area is 183 Å². The van der Waals surface area contributed by atoms with Gasteiger partial charge in [0.05, 0.1) is 11.4 Å². The second-order valence-electron chi connectivity index (χ2n) is 11.0. The second kappa shape index (κ2) is 8.06. The first-order valence-electron chi connectivity index (χ1n) is 11.1. The van der Waals surface area contributed by atoms with Crippen LogP contribution in [-0.4, -0.2) is 5.91 Å². The van der Waals surface area contributed by atoms with E-state index in [0.29, 0.717) is 0 Å². The first kappa shape index (κ1) is 22.3. The van der Waals surface area contributed by atoms with Crippen LogP contribution < -0.4 is 4.90 Å². The Hall–Kier alpha value is -2.35. The molecule has 160 valence electrons. The molecule has 0 saturated heterocycles. The van der Waals surface area contributed by atoms with Gasteiger partial charge in [-0.2, -0.15) is 0 Å². The van der Waals surface area contributed by atoms with Crippen LogP contribution in [0.5, 0.6) is 0 Å². The Balaban J connectivity index is 2.23. The summed E-state index contributed by atoms with van der Waals surface area (Å²) in [4.78, 5) is 15.9. The number of nitrogens with zero attached hydrogens (tertiary/aromatic N) is 1. The van der Waals surface area contributed by atoms with E-state index in [-0.39, 0.29) is 22.7 Å². The number of benzene rings is 2. The highest BCUT2D eigenvalue weighted by Gasteiger charge is 2.36. The molecule has 2 aromatic carbocycles. The largest absolute Gasteiger partial charge is 0.280 e. The molecule has 1 unspecified atom stereocenters. The predicted octanol–water partition coefficient (Wildman–Crippen LogP) is 7.47. The van der Waals surface area contributed by atoms with E-state index in [0.717, 1.165) is 24.2 Å². The smallest absolute Gasteiger partial charge is 0.235 e. The maximum absolute atomic E-state index is 13.8. The van der Waals surface area contributed by atoms with E-state index in [1.807, 2.05) is 11.0 Å². The molecule has 1 aliphatic heterocycles. The molecule has 0 aliphatic carbocycles. The molecule has 30 heavy (non-hydrogen) atoms. The van der Waals surface area contributed by atoms with Crippen LogP contribution in [0.15, 0.2) is 54.1 Å². The normalized spacial score (nSPS) is 17.0. The standard InChI is InChI=1S/C28H37NO/c1-19(2)13-14-21-17-20-11-9-10-12-24(20)29(26(21)30)25-18-22(27(3,4)5)15-16-23(25)28(6,7)8/h9-13,15-16,18,21H,14,17H2,1-8H3. The Morgan fingerprint density at radius 1 is 0.967 bits per heavy atom. The van der Waals surface area contributed by atoms with E-state index < -0.39 is 0 Å². The average Bonchev–Trinajstić information content (AvgIpc) is 2.64. The Bertz CT molecular complexity index is 965. The monoisotopic (exact) mass is 403 g/mol. The van der Waals surface area contributed by atoms with Gasteiger partial charge in [-0.3, -0.25) is 9.69 Å². The average molecular weight is 404 g/mol. The van der Waals surface area contributed by atoms with E-state index in [1.165, 1.54) is 22.3 Å². The molecule has 0 spiro atoms. The molecule has 2 aromatic rings. The van der Waals surface area contributed by atoms with Crippen molar-refractivity contribution >= 4 is 17.3 Å². The van der Waals surface area contributed by atoms with Crippen LogP contribution in [0.4, 0.5) is 11.4 Å². The minimum atomic E-state index is -0.0617. The Morgan fingerprint density at radius 3 is 2.23 bits per heavy atom. The summed E-state index contributed by atoms with van der Waals surface area (Å²) in [6.07, 6.45) is 3.79. The van der Waals surface area contributed by atoms with Crippen molar-refractivity contribution in [2.45, 2.75) is 79.1 Å². The number of amides is 1. The molecule has 3 rings (SSSR count). The van der Waals surface area contributed by atoms with Crippen molar-refractivity contribution in [1.82, 2.24) is 0 Å². The highest BCUT2D eigenvalue weighted by molar-refractivity contribution is 6.05. The zero-order chi connectivity index (χ0) is 22.3. The number of rotatable bonds is 3. The molecule has 2 nitrogen and oxygen atoms in total. The maximum Gasteiger partial charge on any atom is 0.235 e. The fraction of sp³-hybridized carbons (Fsp3) is 0.464. The number of allylic oxidation sites excluding steroid dienone is 2. The summed E-state index contributed by atoms with van der Waals surface area (Å²) < 4.78 is 0. The Kier molecular flexibility index (Phi) is 6.00. The van der Waals surface area contributed by atoms with Gasteiger partial charge >= 0.3 is 0 Å². The maximum atomic E-state index is 13.8. The van der Waals surface area contributed by atoms with Crippen LogP contribution in [0.2, 0.25) is 0 Å². The van der Waals surface area contributed by atoms with Crippen molar-refractivity contribution in [3.63, 3.8) is 0 Å². The lowest BCUT2D eigenvalue weighted by atomic mass is 9.79. The van der Waals surface area contributed by atoms with Crippen molar-refractivity contribution in [3.05, 3.63) is 70.8 Å². The van der Waals surface area contributed by atoms with E-state index in [2.05, 4.69) is 97.9 Å². The molecule has 1 atom stereocenters. The number of hydrogen-bond donors (Lipinski definition) is 0. The van der Waals surface area contributed by atoms with Crippen molar-refractivity contribution in [3.8, 4) is 0 Å². The van der Waals surface area contributed by atoms with Gasteiger partial charge in [-0.15, -0.1) is 0 Å². The van der Waals surface area contributed by atoms with Crippen LogP contribution in [0.1, 0.15) is 78.5 Å². The lowest BCUT2D eigenvalue weighted by molar-refractivity contribution is -0.121. The fourth-order valence-electron chi connectivity index (χ4n) is 4.18. The second-order valence-corrected chi connectivity index (χ2v) is 11.0. The van der Waals surface area contributed by atoms with Crippen molar-refractivity contribution < 1.29 is 4.79 Å². The number of carbonyl (C=O) groups is 1. The lowest BCUT2D eigenvalue weighted by Gasteiger charge is -2.38. The van der Waals surface area contributed by atoms with Crippen molar-refractivity contribution in [2.75, 3.05) is 4.90 Å². The summed E-state index contributed by atoms with van der Waals surface area (Å²) >= 11 is 0. The van der Waals surface area contributed by atoms with Crippen LogP contribution in [-0.2, 0) is 22.0 Å². The predicted molar refractivity (Wildman–Crippen MR) is 129 cm³/mol. The van der Waals surface area contributed by atoms with E-state index in [9.17, 15) is 4.79 Å². The number of carbonyl (C=O) groups excluding carboxylic acids is 1. The van der Waals surface area contributed by atoms with Crippen LogP contribution in [0.25, 0.3) is 0 Å². The van der Waals surface area contributed by atoms with E-state index in [1.54, 1.807) is 0 Å². The Morgan fingerprint density at radius 2 is 1.63 bits per heavy atom. The molecule has 0 N–H and O–H groups in total. The van der Waals surface area contributed by atoms with Gasteiger partial charge in [0.25, 0.3) is 0 Å². The van der Waals surface area contributed by atoms with Crippen LogP contribution in [0.3, 0.4) is 0 Å². The van der Waals surface area contributed by atoms with Gasteiger partial charge in [-0.1, -0.05) is 83.5 Å². The van der Waals surface area contributed by atoms with Crippen molar-refractivity contribution in [1.29, 1.82) is 0 Å². The zero-order valence-electron chi connectivity index (χ0n) is 20.0. The molecule has 2 heteroatoms. The molecular formula is C28H37NO. The van der Waals surface area contributed by atoms with E-state index >= 15 is 0 Å². The number of fused-ring (bicyclic) bond motifs is 1.